The second kappa shape index (κ2) is 16.4. The van der Waals surface area contributed by atoms with E-state index >= 15 is 0 Å². The predicted molar refractivity (Wildman–Crippen MR) is 200 cm³/mol. The molecule has 4 aromatic rings. The summed E-state index contributed by atoms with van der Waals surface area (Å²) in [6.45, 7) is 0.995. The number of fused-ring (bicyclic) bond motifs is 1. The third-order valence-corrected chi connectivity index (χ3v) is 10.6. The first-order valence-electron chi connectivity index (χ1n) is 18.3. The van der Waals surface area contributed by atoms with Gasteiger partial charge in [-0.15, -0.1) is 5.48 Å². The third-order valence-electron chi connectivity index (χ3n) is 10.3. The van der Waals surface area contributed by atoms with E-state index in [1.165, 1.54) is 7.11 Å². The van der Waals surface area contributed by atoms with Gasteiger partial charge in [-0.2, -0.15) is 18.2 Å². The van der Waals surface area contributed by atoms with Gasteiger partial charge in [-0.3, -0.25) is 14.6 Å². The Balaban J connectivity index is 1.13. The van der Waals surface area contributed by atoms with Crippen LogP contribution in [0.3, 0.4) is 0 Å². The number of aromatic nitrogens is 2. The fourth-order valence-electron chi connectivity index (χ4n) is 7.27. The van der Waals surface area contributed by atoms with Crippen molar-refractivity contribution in [2.45, 2.75) is 76.3 Å². The molecular weight excluding hydrogens is 737 g/mol. The van der Waals surface area contributed by atoms with Gasteiger partial charge in [-0.05, 0) is 73.4 Å². The Hall–Kier alpha value is -4.92. The molecule has 3 aliphatic rings. The second-order valence-corrected chi connectivity index (χ2v) is 14.4. The van der Waals surface area contributed by atoms with Gasteiger partial charge in [0.2, 0.25) is 11.8 Å². The van der Waals surface area contributed by atoms with Gasteiger partial charge in [-0.1, -0.05) is 41.9 Å². The number of nitrogens with zero attached hydrogens (tertiary/aromatic N) is 2. The van der Waals surface area contributed by atoms with E-state index in [-0.39, 0.29) is 41.7 Å². The summed E-state index contributed by atoms with van der Waals surface area (Å²) in [4.78, 5) is 37.4. The molecule has 2 aromatic carbocycles. The number of pyridine rings is 2. The number of alkyl halides is 3. The van der Waals surface area contributed by atoms with E-state index in [1.807, 2.05) is 42.5 Å². The fourth-order valence-corrected chi connectivity index (χ4v) is 7.60. The second-order valence-electron chi connectivity index (χ2n) is 14.0. The van der Waals surface area contributed by atoms with Crippen LogP contribution in [0.25, 0.3) is 22.4 Å². The number of halogens is 4. The average molecular weight is 779 g/mol. The van der Waals surface area contributed by atoms with Gasteiger partial charge in [-0.25, -0.2) is 0 Å². The summed E-state index contributed by atoms with van der Waals surface area (Å²) in [7, 11) is 2.94. The van der Waals surface area contributed by atoms with Crippen molar-refractivity contribution in [3.63, 3.8) is 0 Å². The van der Waals surface area contributed by atoms with Crippen LogP contribution >= 0.6 is 11.6 Å². The molecule has 1 amide bonds. The van der Waals surface area contributed by atoms with E-state index in [0.29, 0.717) is 55.2 Å². The molecule has 0 bridgehead atoms. The monoisotopic (exact) mass is 778 g/mol. The summed E-state index contributed by atoms with van der Waals surface area (Å²) >= 11 is 7.13. The van der Waals surface area contributed by atoms with Gasteiger partial charge < -0.3 is 30.3 Å². The highest BCUT2D eigenvalue weighted by Crippen LogP contribution is 2.44. The van der Waals surface area contributed by atoms with Gasteiger partial charge in [0.15, 0.2) is 0 Å². The molecule has 2 aromatic heterocycles. The van der Waals surface area contributed by atoms with Crippen LogP contribution in [0.5, 0.6) is 11.6 Å². The first-order chi connectivity index (χ1) is 26.5. The maximum Gasteiger partial charge on any atom is 0.419 e. The van der Waals surface area contributed by atoms with Crippen LogP contribution in [-0.4, -0.2) is 48.7 Å². The highest BCUT2D eigenvalue weighted by atomic mass is 35.5. The Bertz CT molecular complexity index is 2080. The number of anilines is 1. The lowest BCUT2D eigenvalue weighted by Gasteiger charge is -2.30. The number of amides is 1. The largest absolute Gasteiger partial charge is 0.496 e. The number of hydrogen-bond acceptors (Lipinski definition) is 10. The van der Waals surface area contributed by atoms with Crippen molar-refractivity contribution in [1.82, 2.24) is 26.1 Å². The molecule has 0 radical (unpaired) electrons. The number of benzene rings is 2. The zero-order valence-corrected chi connectivity index (χ0v) is 31.2. The highest BCUT2D eigenvalue weighted by molar-refractivity contribution is 6.35. The topological polar surface area (TPSA) is 136 Å². The summed E-state index contributed by atoms with van der Waals surface area (Å²) in [5.41, 5.74) is 7.32. The number of nitrogens with one attached hydrogen (secondary N) is 4. The summed E-state index contributed by atoms with van der Waals surface area (Å²) in [5.74, 6) is -0.241. The number of rotatable bonds is 14. The van der Waals surface area contributed by atoms with Gasteiger partial charge in [0, 0.05) is 54.0 Å². The van der Waals surface area contributed by atoms with Gasteiger partial charge in [0.05, 0.1) is 49.0 Å². The number of carbonyl (C=O) groups excluding carboxylic acids is 2. The molecule has 290 valence electrons. The molecule has 7 rings (SSSR count). The number of ether oxygens (including phenoxy) is 2. The molecule has 2 fully saturated rings. The molecule has 4 N–H and O–H groups in total. The minimum absolute atomic E-state index is 0.0219. The van der Waals surface area contributed by atoms with Gasteiger partial charge in [0.25, 0.3) is 0 Å². The van der Waals surface area contributed by atoms with Crippen molar-refractivity contribution in [1.29, 1.82) is 0 Å². The molecule has 1 saturated carbocycles. The van der Waals surface area contributed by atoms with Crippen molar-refractivity contribution < 1.29 is 37.1 Å². The van der Waals surface area contributed by atoms with Crippen LogP contribution in [0, 0.1) is 5.92 Å². The standard InChI is InChI=1S/C40H42ClF3N6O5/c1-53-33-18-23(11-12-24(33)19-45-21-26-13-14-34(51)48-26)36-35(41)30(15-16-46-36)28-5-3-7-29-27(28)6-4-8-32(29)49-37-31(40(42,43)44)17-25(38(50-37)54-2)20-47-55-39(52)22-9-10-22/h3,5,7,11-12,15-18,22,26,32,45,47H,4,6,8-10,13-14,19-21H2,1-2H3,(H,48,51)(H,49,50)/t26-,32-/m1/s1. The summed E-state index contributed by atoms with van der Waals surface area (Å²) in [5, 5.41) is 9.89. The summed E-state index contributed by atoms with van der Waals surface area (Å²) in [6.07, 6.45) is 1.78. The van der Waals surface area contributed by atoms with Crippen molar-refractivity contribution in [2.24, 2.45) is 5.92 Å². The first kappa shape index (κ1) is 38.4. The molecule has 11 nitrogen and oxygen atoms in total. The Morgan fingerprint density at radius 3 is 2.55 bits per heavy atom. The number of hydrogen-bond donors (Lipinski definition) is 4. The van der Waals surface area contributed by atoms with Crippen LogP contribution in [0.15, 0.2) is 54.7 Å². The average Bonchev–Trinajstić information content (AvgIpc) is 3.95. The van der Waals surface area contributed by atoms with E-state index < -0.39 is 23.8 Å². The zero-order valence-electron chi connectivity index (χ0n) is 30.4. The molecule has 15 heteroatoms. The smallest absolute Gasteiger partial charge is 0.419 e. The van der Waals surface area contributed by atoms with E-state index in [0.717, 1.165) is 58.7 Å². The van der Waals surface area contributed by atoms with Crippen LogP contribution < -0.4 is 30.9 Å². The molecular formula is C40H42ClF3N6O5. The number of carbonyl (C=O) groups is 2. The van der Waals surface area contributed by atoms with Crippen LogP contribution in [0.2, 0.25) is 5.02 Å². The van der Waals surface area contributed by atoms with Crippen LogP contribution in [-0.2, 0) is 40.1 Å². The molecule has 55 heavy (non-hydrogen) atoms. The maximum atomic E-state index is 14.5. The molecule has 2 atom stereocenters. The van der Waals surface area contributed by atoms with E-state index in [1.54, 1.807) is 13.3 Å². The van der Waals surface area contributed by atoms with Crippen LogP contribution in [0.1, 0.15) is 72.4 Å². The lowest BCUT2D eigenvalue weighted by atomic mass is 9.83. The Kier molecular flexibility index (Phi) is 11.5. The Labute approximate surface area is 321 Å². The quantitative estimate of drug-likeness (QED) is 0.0966. The predicted octanol–water partition coefficient (Wildman–Crippen LogP) is 7.32. The Morgan fingerprint density at radius 2 is 1.82 bits per heavy atom. The SMILES string of the molecule is COc1cc(-c2nccc(-c3cccc4c3CCC[C@H]4Nc3nc(OC)c(CNOC(=O)C4CC4)cc3C(F)(F)F)c2Cl)ccc1CNC[C@H]1CCC(=O)N1. The van der Waals surface area contributed by atoms with Gasteiger partial charge >= 0.3 is 12.1 Å². The van der Waals surface area contributed by atoms with Crippen LogP contribution in [0.4, 0.5) is 19.0 Å². The lowest BCUT2D eigenvalue weighted by molar-refractivity contribution is -0.153. The fraction of sp³-hybridized carbons (Fsp3) is 0.400. The maximum absolute atomic E-state index is 14.5. The third kappa shape index (κ3) is 8.66. The van der Waals surface area contributed by atoms with Crippen molar-refractivity contribution >= 4 is 29.3 Å². The normalized spacial score (nSPS) is 18.0. The number of hydroxylamine groups is 1. The van der Waals surface area contributed by atoms with E-state index in [4.69, 9.17) is 25.9 Å². The molecule has 0 unspecified atom stereocenters. The van der Waals surface area contributed by atoms with Crippen molar-refractivity contribution in [3.05, 3.63) is 87.6 Å². The molecule has 1 saturated heterocycles. The zero-order chi connectivity index (χ0) is 38.7. The van der Waals surface area contributed by atoms with Crippen molar-refractivity contribution in [2.75, 3.05) is 26.1 Å². The van der Waals surface area contributed by atoms with Crippen molar-refractivity contribution in [3.8, 4) is 34.0 Å². The van der Waals surface area contributed by atoms with E-state index in [9.17, 15) is 22.8 Å². The highest BCUT2D eigenvalue weighted by Gasteiger charge is 2.37. The molecule has 3 heterocycles. The molecule has 0 spiro atoms. The minimum Gasteiger partial charge on any atom is -0.496 e. The summed E-state index contributed by atoms with van der Waals surface area (Å²) in [6, 6.07) is 14.0. The Morgan fingerprint density at radius 1 is 0.982 bits per heavy atom. The lowest BCUT2D eigenvalue weighted by Crippen LogP contribution is -2.35. The van der Waals surface area contributed by atoms with E-state index in [2.05, 4.69) is 31.4 Å². The summed E-state index contributed by atoms with van der Waals surface area (Å²) < 4.78 is 54.6. The number of methoxy groups -OCH3 is 2. The van der Waals surface area contributed by atoms with Gasteiger partial charge in [0.1, 0.15) is 11.6 Å². The first-order valence-corrected chi connectivity index (χ1v) is 18.7. The molecule has 2 aliphatic carbocycles. The molecule has 1 aliphatic heterocycles. The minimum atomic E-state index is -4.73.